The molecular formula is C23H33N5. The molecule has 28 heavy (non-hydrogen) atoms. The predicted molar refractivity (Wildman–Crippen MR) is 117 cm³/mol. The van der Waals surface area contributed by atoms with Crippen molar-refractivity contribution in [1.82, 2.24) is 14.9 Å². The Balaban J connectivity index is 1.59. The van der Waals surface area contributed by atoms with Crippen molar-refractivity contribution in [3.63, 3.8) is 0 Å². The van der Waals surface area contributed by atoms with Crippen LogP contribution in [0.2, 0.25) is 0 Å². The molecule has 1 saturated heterocycles. The topological polar surface area (TPSA) is 44.3 Å². The summed E-state index contributed by atoms with van der Waals surface area (Å²) in [6.45, 7) is 7.63. The monoisotopic (exact) mass is 379 g/mol. The highest BCUT2D eigenvalue weighted by molar-refractivity contribution is 5.65. The minimum atomic E-state index is 0.498. The quantitative estimate of drug-likeness (QED) is 0.779. The molecule has 1 aliphatic heterocycles. The van der Waals surface area contributed by atoms with E-state index in [4.69, 9.17) is 9.97 Å². The van der Waals surface area contributed by atoms with Gasteiger partial charge < -0.3 is 15.1 Å². The molecule has 0 amide bonds. The summed E-state index contributed by atoms with van der Waals surface area (Å²) in [5.74, 6) is 1.85. The highest BCUT2D eigenvalue weighted by Crippen LogP contribution is 2.26. The number of hydrogen-bond acceptors (Lipinski definition) is 5. The first-order valence-electron chi connectivity index (χ1n) is 11.0. The van der Waals surface area contributed by atoms with E-state index in [1.54, 1.807) is 0 Å². The molecule has 0 spiro atoms. The van der Waals surface area contributed by atoms with Gasteiger partial charge in [0.15, 0.2) is 0 Å². The van der Waals surface area contributed by atoms with Gasteiger partial charge in [-0.3, -0.25) is 0 Å². The van der Waals surface area contributed by atoms with E-state index in [1.807, 2.05) is 0 Å². The third-order valence-electron chi connectivity index (χ3n) is 6.11. The first-order chi connectivity index (χ1) is 13.8. The summed E-state index contributed by atoms with van der Waals surface area (Å²) in [6.07, 6.45) is 7.78. The standard InChI is InChI=1S/C23H33N5/c1-2-27-14-16-28(17-15-27)22-18-21(19-10-6-5-7-11-19)25-23(26-22)24-20-12-8-3-4-9-13-20/h5-7,10-11,18,20H,2-4,8-9,12-17H2,1H3,(H,24,25,26). The maximum Gasteiger partial charge on any atom is 0.225 e. The summed E-state index contributed by atoms with van der Waals surface area (Å²) in [5, 5.41) is 3.67. The van der Waals surface area contributed by atoms with Crippen LogP contribution in [0.5, 0.6) is 0 Å². The van der Waals surface area contributed by atoms with Crippen molar-refractivity contribution in [1.29, 1.82) is 0 Å². The van der Waals surface area contributed by atoms with E-state index in [0.29, 0.717) is 6.04 Å². The van der Waals surface area contributed by atoms with Crippen molar-refractivity contribution in [2.75, 3.05) is 42.9 Å². The second kappa shape index (κ2) is 9.37. The van der Waals surface area contributed by atoms with E-state index in [9.17, 15) is 0 Å². The molecule has 1 N–H and O–H groups in total. The van der Waals surface area contributed by atoms with Gasteiger partial charge in [-0.2, -0.15) is 4.98 Å². The molecule has 5 nitrogen and oxygen atoms in total. The van der Waals surface area contributed by atoms with Crippen molar-refractivity contribution >= 4 is 11.8 Å². The first-order valence-corrected chi connectivity index (χ1v) is 11.0. The largest absolute Gasteiger partial charge is 0.354 e. The zero-order valence-corrected chi connectivity index (χ0v) is 17.1. The number of piperazine rings is 1. The summed E-state index contributed by atoms with van der Waals surface area (Å²) in [5.41, 5.74) is 2.17. The van der Waals surface area contributed by atoms with Crippen LogP contribution in [0.3, 0.4) is 0 Å². The number of benzene rings is 1. The summed E-state index contributed by atoms with van der Waals surface area (Å²) in [4.78, 5) is 14.8. The molecule has 1 aromatic carbocycles. The Labute approximate surface area is 169 Å². The Kier molecular flexibility index (Phi) is 6.42. The van der Waals surface area contributed by atoms with Crippen LogP contribution in [0.15, 0.2) is 36.4 Å². The van der Waals surface area contributed by atoms with Crippen LogP contribution >= 0.6 is 0 Å². The van der Waals surface area contributed by atoms with Gasteiger partial charge in [0.1, 0.15) is 5.82 Å². The van der Waals surface area contributed by atoms with Gasteiger partial charge >= 0.3 is 0 Å². The molecule has 0 radical (unpaired) electrons. The third kappa shape index (κ3) is 4.82. The fourth-order valence-corrected chi connectivity index (χ4v) is 4.32. The van der Waals surface area contributed by atoms with Gasteiger partial charge in [-0.1, -0.05) is 62.9 Å². The average molecular weight is 380 g/mol. The van der Waals surface area contributed by atoms with E-state index in [-0.39, 0.29) is 0 Å². The smallest absolute Gasteiger partial charge is 0.225 e. The van der Waals surface area contributed by atoms with Crippen molar-refractivity contribution < 1.29 is 0 Å². The highest BCUT2D eigenvalue weighted by atomic mass is 15.3. The van der Waals surface area contributed by atoms with E-state index in [0.717, 1.165) is 55.7 Å². The van der Waals surface area contributed by atoms with Gasteiger partial charge in [-0.15, -0.1) is 0 Å². The number of rotatable bonds is 5. The van der Waals surface area contributed by atoms with E-state index < -0.39 is 0 Å². The molecule has 2 aromatic rings. The number of aromatic nitrogens is 2. The maximum absolute atomic E-state index is 4.94. The number of hydrogen-bond donors (Lipinski definition) is 1. The Bertz CT molecular complexity index is 732. The summed E-state index contributed by atoms with van der Waals surface area (Å²) >= 11 is 0. The van der Waals surface area contributed by atoms with E-state index in [2.05, 4.69) is 58.4 Å². The molecule has 1 aromatic heterocycles. The second-order valence-corrected chi connectivity index (χ2v) is 8.06. The fourth-order valence-electron chi connectivity index (χ4n) is 4.32. The van der Waals surface area contributed by atoms with Crippen LogP contribution in [-0.2, 0) is 0 Å². The fraction of sp³-hybridized carbons (Fsp3) is 0.565. The Hall–Kier alpha value is -2.14. The van der Waals surface area contributed by atoms with Crippen LogP contribution in [0.4, 0.5) is 11.8 Å². The van der Waals surface area contributed by atoms with Gasteiger partial charge in [-0.25, -0.2) is 4.98 Å². The molecular weight excluding hydrogens is 346 g/mol. The van der Waals surface area contributed by atoms with Gasteiger partial charge in [0.05, 0.1) is 5.69 Å². The lowest BCUT2D eigenvalue weighted by Crippen LogP contribution is -2.46. The van der Waals surface area contributed by atoms with Crippen LogP contribution < -0.4 is 10.2 Å². The van der Waals surface area contributed by atoms with Crippen molar-refractivity contribution in [2.45, 2.75) is 51.5 Å². The summed E-state index contributed by atoms with van der Waals surface area (Å²) < 4.78 is 0. The third-order valence-corrected chi connectivity index (χ3v) is 6.11. The molecule has 2 aliphatic rings. The molecule has 5 heteroatoms. The normalized spacial score (nSPS) is 19.4. The lowest BCUT2D eigenvalue weighted by Gasteiger charge is -2.35. The van der Waals surface area contributed by atoms with E-state index in [1.165, 1.54) is 38.5 Å². The first kappa shape index (κ1) is 19.2. The summed E-state index contributed by atoms with van der Waals surface area (Å²) in [7, 11) is 0. The van der Waals surface area contributed by atoms with Crippen molar-refractivity contribution in [2.24, 2.45) is 0 Å². The van der Waals surface area contributed by atoms with Crippen LogP contribution in [-0.4, -0.2) is 53.6 Å². The molecule has 4 rings (SSSR count). The number of nitrogens with one attached hydrogen (secondary N) is 1. The molecule has 0 atom stereocenters. The van der Waals surface area contributed by atoms with E-state index >= 15 is 0 Å². The predicted octanol–water partition coefficient (Wildman–Crippen LogP) is 4.42. The zero-order chi connectivity index (χ0) is 19.2. The molecule has 0 unspecified atom stereocenters. The molecule has 150 valence electrons. The number of nitrogens with zero attached hydrogens (tertiary/aromatic N) is 4. The van der Waals surface area contributed by atoms with Gasteiger partial charge in [0, 0.05) is 43.9 Å². The van der Waals surface area contributed by atoms with Gasteiger partial charge in [0.25, 0.3) is 0 Å². The average Bonchev–Trinajstić information content (AvgIpc) is 3.03. The second-order valence-electron chi connectivity index (χ2n) is 8.06. The minimum Gasteiger partial charge on any atom is -0.354 e. The van der Waals surface area contributed by atoms with Gasteiger partial charge in [-0.05, 0) is 19.4 Å². The minimum absolute atomic E-state index is 0.498. The van der Waals surface area contributed by atoms with Gasteiger partial charge in [0.2, 0.25) is 5.95 Å². The Morgan fingerprint density at radius 1 is 0.929 bits per heavy atom. The van der Waals surface area contributed by atoms with Crippen LogP contribution in [0.25, 0.3) is 11.3 Å². The molecule has 1 aliphatic carbocycles. The lowest BCUT2D eigenvalue weighted by atomic mass is 10.1. The van der Waals surface area contributed by atoms with Crippen molar-refractivity contribution in [3.05, 3.63) is 36.4 Å². The van der Waals surface area contributed by atoms with Crippen molar-refractivity contribution in [3.8, 4) is 11.3 Å². The SMILES string of the molecule is CCN1CCN(c2cc(-c3ccccc3)nc(NC3CCCCCC3)n2)CC1. The molecule has 0 bridgehead atoms. The molecule has 2 fully saturated rings. The zero-order valence-electron chi connectivity index (χ0n) is 17.1. The lowest BCUT2D eigenvalue weighted by molar-refractivity contribution is 0.270. The summed E-state index contributed by atoms with van der Waals surface area (Å²) in [6, 6.07) is 13.1. The Morgan fingerprint density at radius 2 is 1.64 bits per heavy atom. The Morgan fingerprint density at radius 3 is 2.32 bits per heavy atom. The number of likely N-dealkylation sites (N-methyl/N-ethyl adjacent to an activating group) is 1. The van der Waals surface area contributed by atoms with Crippen LogP contribution in [0.1, 0.15) is 45.4 Å². The molecule has 2 heterocycles. The van der Waals surface area contributed by atoms with Crippen LogP contribution in [0, 0.1) is 0 Å². The molecule has 1 saturated carbocycles. The highest BCUT2D eigenvalue weighted by Gasteiger charge is 2.20. The number of anilines is 2. The maximum atomic E-state index is 4.94.